The van der Waals surface area contributed by atoms with Crippen LogP contribution in [0.4, 0.5) is 0 Å². The first kappa shape index (κ1) is 18.8. The summed E-state index contributed by atoms with van der Waals surface area (Å²) >= 11 is 0. The highest BCUT2D eigenvalue weighted by Crippen LogP contribution is 2.16. The van der Waals surface area contributed by atoms with Crippen molar-refractivity contribution in [2.45, 2.75) is 52.1 Å². The minimum Gasteiger partial charge on any atom is -0.394 e. The summed E-state index contributed by atoms with van der Waals surface area (Å²) < 4.78 is 0. The van der Waals surface area contributed by atoms with Gasteiger partial charge in [0.15, 0.2) is 0 Å². The zero-order valence-corrected chi connectivity index (χ0v) is 13.9. The molecule has 0 saturated heterocycles. The highest BCUT2D eigenvalue weighted by Gasteiger charge is 2.26. The lowest BCUT2D eigenvalue weighted by Crippen LogP contribution is -2.50. The quantitative estimate of drug-likeness (QED) is 0.597. The Bertz CT molecular complexity index is 223. The Morgan fingerprint density at radius 2 is 1.84 bits per heavy atom. The van der Waals surface area contributed by atoms with Crippen LogP contribution in [0.25, 0.3) is 0 Å². The maximum atomic E-state index is 9.58. The molecule has 0 aromatic heterocycles. The standard InChI is InChI=1S/C15H35N3O/c1-7-16-15(4,13-19)12-14(3)18(8-2)11-9-10-17(5)6/h14,16,19H,7-13H2,1-6H3. The number of nitrogens with one attached hydrogen (secondary N) is 1. The van der Waals surface area contributed by atoms with Crippen LogP contribution in [-0.4, -0.2) is 73.4 Å². The molecule has 0 aliphatic heterocycles. The Morgan fingerprint density at radius 3 is 2.26 bits per heavy atom. The molecule has 0 aliphatic carbocycles. The molecular weight excluding hydrogens is 238 g/mol. The Morgan fingerprint density at radius 1 is 1.21 bits per heavy atom. The number of hydrogen-bond acceptors (Lipinski definition) is 4. The molecule has 0 saturated carbocycles. The van der Waals surface area contributed by atoms with E-state index >= 15 is 0 Å². The molecule has 0 radical (unpaired) electrons. The van der Waals surface area contributed by atoms with Gasteiger partial charge in [-0.3, -0.25) is 0 Å². The number of aliphatic hydroxyl groups excluding tert-OH is 1. The van der Waals surface area contributed by atoms with Crippen LogP contribution < -0.4 is 5.32 Å². The second-order valence-electron chi connectivity index (χ2n) is 6.09. The van der Waals surface area contributed by atoms with E-state index in [4.69, 9.17) is 0 Å². The van der Waals surface area contributed by atoms with Gasteiger partial charge in [-0.1, -0.05) is 13.8 Å². The van der Waals surface area contributed by atoms with Crippen LogP contribution in [0.3, 0.4) is 0 Å². The average molecular weight is 273 g/mol. The van der Waals surface area contributed by atoms with Crippen molar-refractivity contribution in [1.29, 1.82) is 0 Å². The van der Waals surface area contributed by atoms with Crippen molar-refractivity contribution in [3.8, 4) is 0 Å². The summed E-state index contributed by atoms with van der Waals surface area (Å²) in [5, 5.41) is 13.0. The Balaban J connectivity index is 4.28. The molecule has 0 amide bonds. The van der Waals surface area contributed by atoms with E-state index in [0.717, 1.165) is 32.6 Å². The maximum Gasteiger partial charge on any atom is 0.0611 e. The molecular formula is C15H35N3O. The first-order valence-corrected chi connectivity index (χ1v) is 7.63. The van der Waals surface area contributed by atoms with E-state index in [1.54, 1.807) is 0 Å². The van der Waals surface area contributed by atoms with E-state index < -0.39 is 0 Å². The van der Waals surface area contributed by atoms with Gasteiger partial charge in [0.1, 0.15) is 0 Å². The minimum atomic E-state index is -0.164. The zero-order chi connectivity index (χ0) is 14.9. The monoisotopic (exact) mass is 273 g/mol. The summed E-state index contributed by atoms with van der Waals surface area (Å²) in [4.78, 5) is 4.74. The number of hydrogen-bond donors (Lipinski definition) is 2. The molecule has 0 fully saturated rings. The van der Waals surface area contributed by atoms with E-state index in [1.807, 2.05) is 0 Å². The van der Waals surface area contributed by atoms with E-state index in [2.05, 4.69) is 56.9 Å². The normalized spacial score (nSPS) is 16.9. The molecule has 0 aromatic carbocycles. The van der Waals surface area contributed by atoms with E-state index in [-0.39, 0.29) is 12.1 Å². The van der Waals surface area contributed by atoms with Gasteiger partial charge in [0.25, 0.3) is 0 Å². The number of rotatable bonds is 11. The van der Waals surface area contributed by atoms with Crippen LogP contribution in [0.1, 0.15) is 40.5 Å². The Hall–Kier alpha value is -0.160. The topological polar surface area (TPSA) is 38.7 Å². The van der Waals surface area contributed by atoms with Crippen LogP contribution in [-0.2, 0) is 0 Å². The summed E-state index contributed by atoms with van der Waals surface area (Å²) in [6.07, 6.45) is 2.18. The fourth-order valence-electron chi connectivity index (χ4n) is 2.68. The summed E-state index contributed by atoms with van der Waals surface area (Å²) in [5.41, 5.74) is -0.164. The van der Waals surface area contributed by atoms with Crippen molar-refractivity contribution in [2.24, 2.45) is 0 Å². The molecule has 2 N–H and O–H groups in total. The first-order chi connectivity index (χ1) is 8.88. The van der Waals surface area contributed by atoms with Crippen molar-refractivity contribution in [2.75, 3.05) is 46.9 Å². The lowest BCUT2D eigenvalue weighted by atomic mass is 9.93. The second kappa shape index (κ2) is 9.70. The molecule has 2 unspecified atom stereocenters. The molecule has 4 nitrogen and oxygen atoms in total. The summed E-state index contributed by atoms with van der Waals surface area (Å²) in [5.74, 6) is 0. The van der Waals surface area contributed by atoms with Gasteiger partial charge in [0.05, 0.1) is 6.61 Å². The molecule has 0 bridgehead atoms. The van der Waals surface area contributed by atoms with Gasteiger partial charge in [0, 0.05) is 11.6 Å². The zero-order valence-electron chi connectivity index (χ0n) is 13.9. The van der Waals surface area contributed by atoms with E-state index in [9.17, 15) is 5.11 Å². The summed E-state index contributed by atoms with van der Waals surface area (Å²) in [7, 11) is 4.24. The fourth-order valence-corrected chi connectivity index (χ4v) is 2.68. The molecule has 0 rings (SSSR count). The van der Waals surface area contributed by atoms with Gasteiger partial charge in [-0.05, 0) is 67.0 Å². The van der Waals surface area contributed by atoms with Crippen molar-refractivity contribution in [3.63, 3.8) is 0 Å². The number of aliphatic hydroxyl groups is 1. The van der Waals surface area contributed by atoms with Crippen LogP contribution in [0.2, 0.25) is 0 Å². The molecule has 0 spiro atoms. The summed E-state index contributed by atoms with van der Waals surface area (Å²) in [6, 6.07) is 0.489. The molecule has 0 aromatic rings. The maximum absolute atomic E-state index is 9.58. The van der Waals surface area contributed by atoms with Crippen molar-refractivity contribution in [1.82, 2.24) is 15.1 Å². The van der Waals surface area contributed by atoms with E-state index in [1.165, 1.54) is 6.42 Å². The second-order valence-corrected chi connectivity index (χ2v) is 6.09. The van der Waals surface area contributed by atoms with Crippen molar-refractivity contribution >= 4 is 0 Å². The van der Waals surface area contributed by atoms with Gasteiger partial charge >= 0.3 is 0 Å². The van der Waals surface area contributed by atoms with Crippen LogP contribution in [0.15, 0.2) is 0 Å². The third-order valence-electron chi connectivity index (χ3n) is 3.78. The highest BCUT2D eigenvalue weighted by atomic mass is 16.3. The largest absolute Gasteiger partial charge is 0.394 e. The van der Waals surface area contributed by atoms with E-state index in [0.29, 0.717) is 6.04 Å². The van der Waals surface area contributed by atoms with Crippen molar-refractivity contribution in [3.05, 3.63) is 0 Å². The third-order valence-corrected chi connectivity index (χ3v) is 3.78. The van der Waals surface area contributed by atoms with Crippen molar-refractivity contribution < 1.29 is 5.11 Å². The number of nitrogens with zero attached hydrogens (tertiary/aromatic N) is 2. The first-order valence-electron chi connectivity index (χ1n) is 7.63. The van der Waals surface area contributed by atoms with Gasteiger partial charge in [-0.25, -0.2) is 0 Å². The lowest BCUT2D eigenvalue weighted by Gasteiger charge is -2.36. The Kier molecular flexibility index (Phi) is 9.62. The molecule has 116 valence electrons. The molecule has 19 heavy (non-hydrogen) atoms. The average Bonchev–Trinajstić information content (AvgIpc) is 2.34. The lowest BCUT2D eigenvalue weighted by molar-refractivity contribution is 0.116. The predicted molar refractivity (Wildman–Crippen MR) is 83.7 cm³/mol. The number of likely N-dealkylation sites (N-methyl/N-ethyl adjacent to an activating group) is 1. The van der Waals surface area contributed by atoms with Gasteiger partial charge < -0.3 is 20.2 Å². The molecule has 4 heteroatoms. The minimum absolute atomic E-state index is 0.164. The SMILES string of the molecule is CCNC(C)(CO)CC(C)N(CC)CCCN(C)C. The van der Waals surface area contributed by atoms with Gasteiger partial charge in [-0.2, -0.15) is 0 Å². The highest BCUT2D eigenvalue weighted by molar-refractivity contribution is 4.86. The predicted octanol–water partition coefficient (Wildman–Crippen LogP) is 1.40. The summed E-state index contributed by atoms with van der Waals surface area (Å²) in [6.45, 7) is 13.1. The van der Waals surface area contributed by atoms with Crippen LogP contribution in [0.5, 0.6) is 0 Å². The van der Waals surface area contributed by atoms with Gasteiger partial charge in [-0.15, -0.1) is 0 Å². The van der Waals surface area contributed by atoms with Crippen LogP contribution >= 0.6 is 0 Å². The third kappa shape index (κ3) is 7.88. The fraction of sp³-hybridized carbons (Fsp3) is 1.00. The molecule has 0 aliphatic rings. The molecule has 2 atom stereocenters. The van der Waals surface area contributed by atoms with Crippen LogP contribution in [0, 0.1) is 0 Å². The Labute approximate surface area is 120 Å². The van der Waals surface area contributed by atoms with Gasteiger partial charge in [0.2, 0.25) is 0 Å². The molecule has 0 heterocycles. The smallest absolute Gasteiger partial charge is 0.0611 e.